The second-order valence-corrected chi connectivity index (χ2v) is 6.23. The summed E-state index contributed by atoms with van der Waals surface area (Å²) in [5.74, 6) is 0.269. The third kappa shape index (κ3) is 3.44. The van der Waals surface area contributed by atoms with E-state index in [-0.39, 0.29) is 12.1 Å². The molecule has 110 valence electrons. The lowest BCUT2D eigenvalue weighted by atomic mass is 9.76. The number of esters is 1. The second kappa shape index (κ2) is 5.73. The van der Waals surface area contributed by atoms with Crippen LogP contribution in [0.3, 0.4) is 0 Å². The predicted molar refractivity (Wildman–Crippen MR) is 78.9 cm³/mol. The number of hydrogen-bond acceptors (Lipinski definition) is 4. The highest BCUT2D eigenvalue weighted by Crippen LogP contribution is 2.36. The zero-order valence-electron chi connectivity index (χ0n) is 12.4. The Morgan fingerprint density at radius 2 is 1.95 bits per heavy atom. The Morgan fingerprint density at radius 3 is 2.50 bits per heavy atom. The molecule has 0 aliphatic heterocycles. The summed E-state index contributed by atoms with van der Waals surface area (Å²) in [4.78, 5) is 12.1. The lowest BCUT2D eigenvalue weighted by molar-refractivity contribution is 0.00951. The Bertz CT molecular complexity index is 486. The normalized spacial score (nSPS) is 18.6. The maximum atomic E-state index is 12.1. The van der Waals surface area contributed by atoms with Crippen LogP contribution in [0, 0.1) is 5.41 Å². The molecular formula is C16H23NO3. The Labute approximate surface area is 120 Å². The number of ether oxygens (including phenoxy) is 2. The summed E-state index contributed by atoms with van der Waals surface area (Å²) in [5.41, 5.74) is 7.10. The van der Waals surface area contributed by atoms with Crippen LogP contribution in [-0.4, -0.2) is 19.2 Å². The summed E-state index contributed by atoms with van der Waals surface area (Å²) < 4.78 is 10.6. The van der Waals surface area contributed by atoms with Gasteiger partial charge in [-0.3, -0.25) is 0 Å². The van der Waals surface area contributed by atoms with Gasteiger partial charge in [0.25, 0.3) is 0 Å². The largest absolute Gasteiger partial charge is 0.495 e. The van der Waals surface area contributed by atoms with Gasteiger partial charge in [0.1, 0.15) is 11.9 Å². The highest BCUT2D eigenvalue weighted by atomic mass is 16.5. The van der Waals surface area contributed by atoms with Crippen molar-refractivity contribution < 1.29 is 14.3 Å². The van der Waals surface area contributed by atoms with Gasteiger partial charge in [-0.1, -0.05) is 13.8 Å². The molecule has 1 fully saturated rings. The van der Waals surface area contributed by atoms with Crippen molar-refractivity contribution in [1.29, 1.82) is 0 Å². The lowest BCUT2D eigenvalue weighted by Crippen LogP contribution is -2.28. The maximum Gasteiger partial charge on any atom is 0.338 e. The van der Waals surface area contributed by atoms with E-state index in [1.165, 1.54) is 0 Å². The molecule has 4 nitrogen and oxygen atoms in total. The Balaban J connectivity index is 1.97. The number of anilines is 1. The molecule has 0 unspecified atom stereocenters. The maximum absolute atomic E-state index is 12.1. The van der Waals surface area contributed by atoms with Gasteiger partial charge in [0.15, 0.2) is 0 Å². The minimum atomic E-state index is -0.302. The molecule has 1 aromatic carbocycles. The van der Waals surface area contributed by atoms with E-state index in [1.54, 1.807) is 25.3 Å². The van der Waals surface area contributed by atoms with Crippen LogP contribution in [0.1, 0.15) is 49.9 Å². The van der Waals surface area contributed by atoms with Gasteiger partial charge < -0.3 is 15.2 Å². The molecule has 0 saturated heterocycles. The third-order valence-corrected chi connectivity index (χ3v) is 4.03. The Hall–Kier alpha value is -1.71. The van der Waals surface area contributed by atoms with E-state index in [0.29, 0.717) is 22.4 Å². The van der Waals surface area contributed by atoms with Crippen molar-refractivity contribution >= 4 is 11.7 Å². The average molecular weight is 277 g/mol. The van der Waals surface area contributed by atoms with Gasteiger partial charge in [-0.2, -0.15) is 0 Å². The number of methoxy groups -OCH3 is 1. The fraction of sp³-hybridized carbons (Fsp3) is 0.562. The van der Waals surface area contributed by atoms with Gasteiger partial charge in [-0.25, -0.2) is 4.79 Å². The number of benzene rings is 1. The molecule has 2 rings (SSSR count). The molecule has 1 aromatic rings. The van der Waals surface area contributed by atoms with Crippen LogP contribution in [-0.2, 0) is 4.74 Å². The van der Waals surface area contributed by atoms with E-state index in [2.05, 4.69) is 13.8 Å². The zero-order valence-corrected chi connectivity index (χ0v) is 12.4. The highest BCUT2D eigenvalue weighted by Gasteiger charge is 2.29. The SMILES string of the molecule is COc1ccc(C(=O)OC2CCC(C)(C)CC2)cc1N. The van der Waals surface area contributed by atoms with Crippen molar-refractivity contribution in [3.8, 4) is 5.75 Å². The van der Waals surface area contributed by atoms with Crippen LogP contribution in [0.25, 0.3) is 0 Å². The molecule has 1 aliphatic carbocycles. The Kier molecular flexibility index (Phi) is 4.21. The topological polar surface area (TPSA) is 61.5 Å². The zero-order chi connectivity index (χ0) is 14.8. The fourth-order valence-corrected chi connectivity index (χ4v) is 2.57. The molecule has 0 amide bonds. The van der Waals surface area contributed by atoms with Gasteiger partial charge in [0.2, 0.25) is 0 Å². The summed E-state index contributed by atoms with van der Waals surface area (Å²) in [6, 6.07) is 4.98. The van der Waals surface area contributed by atoms with Gasteiger partial charge in [-0.15, -0.1) is 0 Å². The van der Waals surface area contributed by atoms with Crippen molar-refractivity contribution in [1.82, 2.24) is 0 Å². The fourth-order valence-electron chi connectivity index (χ4n) is 2.57. The summed E-state index contributed by atoms with van der Waals surface area (Å²) in [6.07, 6.45) is 4.08. The third-order valence-electron chi connectivity index (χ3n) is 4.03. The first kappa shape index (κ1) is 14.7. The van der Waals surface area contributed by atoms with Gasteiger partial charge in [-0.05, 0) is 49.3 Å². The van der Waals surface area contributed by atoms with Gasteiger partial charge >= 0.3 is 5.97 Å². The van der Waals surface area contributed by atoms with Crippen LogP contribution in [0.5, 0.6) is 5.75 Å². The van der Waals surface area contributed by atoms with E-state index in [9.17, 15) is 4.79 Å². The molecule has 0 atom stereocenters. The smallest absolute Gasteiger partial charge is 0.338 e. The van der Waals surface area contributed by atoms with E-state index in [4.69, 9.17) is 15.2 Å². The van der Waals surface area contributed by atoms with Crippen molar-refractivity contribution in [2.24, 2.45) is 5.41 Å². The van der Waals surface area contributed by atoms with E-state index >= 15 is 0 Å². The monoisotopic (exact) mass is 277 g/mol. The first-order chi connectivity index (χ1) is 9.41. The minimum absolute atomic E-state index is 0.0267. The number of rotatable bonds is 3. The molecule has 0 aromatic heterocycles. The standard InChI is InChI=1S/C16H23NO3/c1-16(2)8-6-12(7-9-16)20-15(18)11-4-5-14(19-3)13(17)10-11/h4-5,10,12H,6-9,17H2,1-3H3. The number of carbonyl (C=O) groups is 1. The molecule has 0 spiro atoms. The summed E-state index contributed by atoms with van der Waals surface area (Å²) in [6.45, 7) is 4.52. The van der Waals surface area contributed by atoms with Crippen LogP contribution in [0.4, 0.5) is 5.69 Å². The summed E-state index contributed by atoms with van der Waals surface area (Å²) in [7, 11) is 1.55. The molecule has 1 aliphatic rings. The number of carbonyl (C=O) groups excluding carboxylic acids is 1. The number of nitrogens with two attached hydrogens (primary N) is 1. The van der Waals surface area contributed by atoms with E-state index < -0.39 is 0 Å². The predicted octanol–water partition coefficient (Wildman–Crippen LogP) is 3.40. The number of nitrogen functional groups attached to an aromatic ring is 1. The molecule has 4 heteroatoms. The molecule has 2 N–H and O–H groups in total. The van der Waals surface area contributed by atoms with Crippen molar-refractivity contribution in [3.63, 3.8) is 0 Å². The lowest BCUT2D eigenvalue weighted by Gasteiger charge is -2.33. The average Bonchev–Trinajstić information content (AvgIpc) is 2.41. The van der Waals surface area contributed by atoms with Crippen LogP contribution < -0.4 is 10.5 Å². The van der Waals surface area contributed by atoms with Crippen LogP contribution in [0.15, 0.2) is 18.2 Å². The second-order valence-electron chi connectivity index (χ2n) is 6.23. The van der Waals surface area contributed by atoms with E-state index in [1.807, 2.05) is 0 Å². The number of hydrogen-bond donors (Lipinski definition) is 1. The quantitative estimate of drug-likeness (QED) is 0.679. The molecule has 20 heavy (non-hydrogen) atoms. The van der Waals surface area contributed by atoms with Crippen LogP contribution >= 0.6 is 0 Å². The highest BCUT2D eigenvalue weighted by molar-refractivity contribution is 5.91. The summed E-state index contributed by atoms with van der Waals surface area (Å²) >= 11 is 0. The molecule has 0 heterocycles. The van der Waals surface area contributed by atoms with Gasteiger partial charge in [0.05, 0.1) is 18.4 Å². The summed E-state index contributed by atoms with van der Waals surface area (Å²) in [5, 5.41) is 0. The molecular weight excluding hydrogens is 254 g/mol. The molecule has 1 saturated carbocycles. The van der Waals surface area contributed by atoms with Gasteiger partial charge in [0, 0.05) is 0 Å². The van der Waals surface area contributed by atoms with Crippen LogP contribution in [0.2, 0.25) is 0 Å². The van der Waals surface area contributed by atoms with E-state index in [0.717, 1.165) is 25.7 Å². The van der Waals surface area contributed by atoms with Crippen molar-refractivity contribution in [3.05, 3.63) is 23.8 Å². The first-order valence-corrected chi connectivity index (χ1v) is 7.06. The molecule has 0 radical (unpaired) electrons. The Morgan fingerprint density at radius 1 is 1.30 bits per heavy atom. The minimum Gasteiger partial charge on any atom is -0.495 e. The first-order valence-electron chi connectivity index (χ1n) is 7.06. The van der Waals surface area contributed by atoms with Crippen molar-refractivity contribution in [2.75, 3.05) is 12.8 Å². The molecule has 0 bridgehead atoms. The van der Waals surface area contributed by atoms with Crippen molar-refractivity contribution in [2.45, 2.75) is 45.6 Å².